The van der Waals surface area contributed by atoms with Gasteiger partial charge in [0.05, 0.1) is 0 Å². The smallest absolute Gasteiger partial charge is 0.262 e. The average Bonchev–Trinajstić information content (AvgIpc) is 2.38. The van der Waals surface area contributed by atoms with Gasteiger partial charge in [-0.1, -0.05) is 56.9 Å². The minimum absolute atomic E-state index is 0.459. The van der Waals surface area contributed by atoms with Gasteiger partial charge in [0.25, 0.3) is 5.78 Å². The highest BCUT2D eigenvalue weighted by molar-refractivity contribution is 6.07. The zero-order valence-electron chi connectivity index (χ0n) is 10.4. The number of unbranched alkanes of at least 4 members (excludes halogenated alkanes) is 4. The maximum atomic E-state index is 11.1. The third kappa shape index (κ3) is 4.82. The Morgan fingerprint density at radius 3 is 2.35 bits per heavy atom. The summed E-state index contributed by atoms with van der Waals surface area (Å²) in [7, 11) is 0. The fourth-order valence-corrected chi connectivity index (χ4v) is 1.82. The number of aryl methyl sites for hydroxylation is 1. The summed E-state index contributed by atoms with van der Waals surface area (Å²) in [5.74, 6) is -0.459. The van der Waals surface area contributed by atoms with Crippen LogP contribution in [0.3, 0.4) is 0 Å². The van der Waals surface area contributed by atoms with E-state index in [9.17, 15) is 4.79 Å². The summed E-state index contributed by atoms with van der Waals surface area (Å²) in [6, 6.07) is 9.01. The lowest BCUT2D eigenvalue weighted by Gasteiger charge is -2.02. The highest BCUT2D eigenvalue weighted by Crippen LogP contribution is 2.10. The van der Waals surface area contributed by atoms with Crippen LogP contribution in [0.5, 0.6) is 0 Å². The van der Waals surface area contributed by atoms with Crippen molar-refractivity contribution in [2.24, 2.45) is 0 Å². The van der Waals surface area contributed by atoms with Crippen LogP contribution in [0.4, 0.5) is 0 Å². The SMILES string of the molecule is CCCCCCCc1ccc(C(=O)C#N)cc1. The number of rotatable bonds is 7. The Kier molecular flexibility index (Phi) is 6.03. The topological polar surface area (TPSA) is 40.9 Å². The Morgan fingerprint density at radius 1 is 1.12 bits per heavy atom. The molecule has 0 aliphatic carbocycles. The number of carbonyl (C=O) groups excluding carboxylic acids is 1. The lowest BCUT2D eigenvalue weighted by Crippen LogP contribution is -1.94. The van der Waals surface area contributed by atoms with Crippen LogP contribution in [-0.2, 0) is 6.42 Å². The van der Waals surface area contributed by atoms with Crippen molar-refractivity contribution < 1.29 is 4.79 Å². The van der Waals surface area contributed by atoms with Crippen molar-refractivity contribution in [2.45, 2.75) is 45.4 Å². The van der Waals surface area contributed by atoms with Gasteiger partial charge in [0.15, 0.2) is 0 Å². The number of nitrogens with zero attached hydrogens (tertiary/aromatic N) is 1. The summed E-state index contributed by atoms with van der Waals surface area (Å²) in [5, 5.41) is 8.48. The summed E-state index contributed by atoms with van der Waals surface area (Å²) in [4.78, 5) is 11.1. The molecule has 1 rings (SSSR count). The van der Waals surface area contributed by atoms with Crippen molar-refractivity contribution in [3.8, 4) is 6.07 Å². The van der Waals surface area contributed by atoms with Crippen LogP contribution in [-0.4, -0.2) is 5.78 Å². The molecule has 0 saturated carbocycles. The van der Waals surface area contributed by atoms with Crippen LogP contribution < -0.4 is 0 Å². The molecule has 0 aliphatic heterocycles. The van der Waals surface area contributed by atoms with E-state index in [1.807, 2.05) is 12.1 Å². The molecule has 2 heteroatoms. The van der Waals surface area contributed by atoms with Crippen LogP contribution in [0.1, 0.15) is 54.9 Å². The Bertz CT molecular complexity index is 386. The minimum Gasteiger partial charge on any atom is -0.277 e. The molecule has 0 amide bonds. The summed E-state index contributed by atoms with van der Waals surface area (Å²) < 4.78 is 0. The summed E-state index contributed by atoms with van der Waals surface area (Å²) >= 11 is 0. The van der Waals surface area contributed by atoms with Gasteiger partial charge in [0.1, 0.15) is 6.07 Å². The van der Waals surface area contributed by atoms with E-state index in [0.717, 1.165) is 6.42 Å². The van der Waals surface area contributed by atoms with Crippen LogP contribution in [0.25, 0.3) is 0 Å². The largest absolute Gasteiger partial charge is 0.277 e. The normalized spacial score (nSPS) is 9.88. The average molecular weight is 229 g/mol. The number of benzene rings is 1. The number of carbonyl (C=O) groups is 1. The first-order valence-electron chi connectivity index (χ1n) is 6.31. The third-order valence-electron chi connectivity index (χ3n) is 2.89. The second-order valence-electron chi connectivity index (χ2n) is 4.30. The second-order valence-corrected chi connectivity index (χ2v) is 4.30. The molecule has 0 unspecified atom stereocenters. The fraction of sp³-hybridized carbons (Fsp3) is 0.467. The van der Waals surface area contributed by atoms with Crippen LogP contribution in [0, 0.1) is 11.3 Å². The molecule has 0 bridgehead atoms. The van der Waals surface area contributed by atoms with Crippen molar-refractivity contribution in [2.75, 3.05) is 0 Å². The Morgan fingerprint density at radius 2 is 1.76 bits per heavy atom. The van der Waals surface area contributed by atoms with Gasteiger partial charge in [-0.25, -0.2) is 0 Å². The van der Waals surface area contributed by atoms with Gasteiger partial charge in [-0.15, -0.1) is 0 Å². The van der Waals surface area contributed by atoms with Crippen molar-refractivity contribution >= 4 is 5.78 Å². The first-order valence-corrected chi connectivity index (χ1v) is 6.31. The summed E-state index contributed by atoms with van der Waals surface area (Å²) in [6.07, 6.45) is 7.42. The predicted octanol–water partition coefficient (Wildman–Crippen LogP) is 3.91. The maximum absolute atomic E-state index is 11.1. The Hall–Kier alpha value is -1.62. The first-order chi connectivity index (χ1) is 8.27. The quantitative estimate of drug-likeness (QED) is 0.404. The van der Waals surface area contributed by atoms with Crippen LogP contribution in [0.2, 0.25) is 0 Å². The van der Waals surface area contributed by atoms with E-state index in [2.05, 4.69) is 6.92 Å². The Labute approximate surface area is 103 Å². The van der Waals surface area contributed by atoms with Crippen molar-refractivity contribution in [3.05, 3.63) is 35.4 Å². The molecule has 0 atom stereocenters. The number of hydrogen-bond donors (Lipinski definition) is 0. The van der Waals surface area contributed by atoms with Crippen molar-refractivity contribution in [1.29, 1.82) is 5.26 Å². The van der Waals surface area contributed by atoms with Gasteiger partial charge in [0.2, 0.25) is 0 Å². The van der Waals surface area contributed by atoms with Gasteiger partial charge in [-0.2, -0.15) is 5.26 Å². The summed E-state index contributed by atoms with van der Waals surface area (Å²) in [5.41, 5.74) is 1.73. The molecular formula is C15H19NO. The molecule has 0 fully saturated rings. The molecule has 1 aromatic rings. The van der Waals surface area contributed by atoms with E-state index in [0.29, 0.717) is 5.56 Å². The van der Waals surface area contributed by atoms with Crippen LogP contribution >= 0.6 is 0 Å². The molecule has 0 aliphatic rings. The standard InChI is InChI=1S/C15H19NO/c1-2-3-4-5-6-7-13-8-10-14(11-9-13)15(17)12-16/h8-11H,2-7H2,1H3. The minimum atomic E-state index is -0.459. The van der Waals surface area contributed by atoms with Gasteiger partial charge in [-0.05, 0) is 18.4 Å². The molecule has 1 aromatic carbocycles. The highest BCUT2D eigenvalue weighted by Gasteiger charge is 2.02. The number of ketones is 1. The number of hydrogen-bond acceptors (Lipinski definition) is 2. The van der Waals surface area contributed by atoms with Gasteiger partial charge in [-0.3, -0.25) is 4.79 Å². The van der Waals surface area contributed by atoms with Crippen LogP contribution in [0.15, 0.2) is 24.3 Å². The lowest BCUT2D eigenvalue weighted by atomic mass is 10.0. The number of Topliss-reactive ketones (excluding diaryl/α,β-unsaturated/α-hetero) is 1. The van der Waals surface area contributed by atoms with Gasteiger partial charge < -0.3 is 0 Å². The van der Waals surface area contributed by atoms with E-state index in [4.69, 9.17) is 5.26 Å². The van der Waals surface area contributed by atoms with Crippen molar-refractivity contribution in [3.63, 3.8) is 0 Å². The van der Waals surface area contributed by atoms with Crippen molar-refractivity contribution in [1.82, 2.24) is 0 Å². The van der Waals surface area contributed by atoms with E-state index in [1.54, 1.807) is 18.2 Å². The molecular weight excluding hydrogens is 210 g/mol. The van der Waals surface area contributed by atoms with Gasteiger partial charge in [0, 0.05) is 5.56 Å². The molecule has 0 N–H and O–H groups in total. The second kappa shape index (κ2) is 7.62. The van der Waals surface area contributed by atoms with E-state index in [-0.39, 0.29) is 0 Å². The molecule has 0 radical (unpaired) electrons. The first kappa shape index (κ1) is 13.4. The molecule has 0 saturated heterocycles. The molecule has 90 valence electrons. The van der Waals surface area contributed by atoms with Gasteiger partial charge >= 0.3 is 0 Å². The predicted molar refractivity (Wildman–Crippen MR) is 68.8 cm³/mol. The summed E-state index contributed by atoms with van der Waals surface area (Å²) in [6.45, 7) is 2.21. The number of nitriles is 1. The molecule has 0 aromatic heterocycles. The molecule has 0 heterocycles. The lowest BCUT2D eigenvalue weighted by molar-refractivity contribution is 0.105. The molecule has 0 spiro atoms. The highest BCUT2D eigenvalue weighted by atomic mass is 16.1. The van der Waals surface area contributed by atoms with E-state index in [1.165, 1.54) is 37.7 Å². The van der Waals surface area contributed by atoms with E-state index >= 15 is 0 Å². The zero-order valence-corrected chi connectivity index (χ0v) is 10.4. The monoisotopic (exact) mass is 229 g/mol. The Balaban J connectivity index is 2.36. The van der Waals surface area contributed by atoms with E-state index < -0.39 is 5.78 Å². The molecule has 2 nitrogen and oxygen atoms in total. The maximum Gasteiger partial charge on any atom is 0.262 e. The fourth-order valence-electron chi connectivity index (χ4n) is 1.82. The zero-order chi connectivity index (χ0) is 12.5. The third-order valence-corrected chi connectivity index (χ3v) is 2.89. The molecule has 17 heavy (non-hydrogen) atoms.